The van der Waals surface area contributed by atoms with E-state index in [1.807, 2.05) is 24.3 Å². The van der Waals surface area contributed by atoms with Gasteiger partial charge >= 0.3 is 0 Å². The number of carbonyl (C=O) groups excluding carboxylic acids is 1. The zero-order valence-corrected chi connectivity index (χ0v) is 11.5. The van der Waals surface area contributed by atoms with E-state index >= 15 is 0 Å². The van der Waals surface area contributed by atoms with E-state index in [2.05, 4.69) is 24.5 Å². The number of aliphatic hydroxyl groups is 1. The van der Waals surface area contributed by atoms with Gasteiger partial charge in [0.15, 0.2) is 0 Å². The van der Waals surface area contributed by atoms with Gasteiger partial charge in [-0.25, -0.2) is 0 Å². The van der Waals surface area contributed by atoms with E-state index in [-0.39, 0.29) is 11.9 Å². The zero-order chi connectivity index (χ0) is 13.8. The van der Waals surface area contributed by atoms with Crippen molar-refractivity contribution in [1.29, 1.82) is 0 Å². The summed E-state index contributed by atoms with van der Waals surface area (Å²) in [5.41, 5.74) is 2.20. The van der Waals surface area contributed by atoms with Crippen LogP contribution in [0.5, 0.6) is 0 Å². The summed E-state index contributed by atoms with van der Waals surface area (Å²) in [7, 11) is 0. The van der Waals surface area contributed by atoms with Crippen molar-refractivity contribution in [2.24, 2.45) is 5.92 Å². The van der Waals surface area contributed by atoms with Gasteiger partial charge < -0.3 is 15.7 Å². The molecule has 0 bridgehead atoms. The van der Waals surface area contributed by atoms with Gasteiger partial charge in [-0.1, -0.05) is 32.0 Å². The summed E-state index contributed by atoms with van der Waals surface area (Å²) < 4.78 is 0. The van der Waals surface area contributed by atoms with Crippen LogP contribution in [0.3, 0.4) is 0 Å². The second-order valence-corrected chi connectivity index (χ2v) is 5.59. The molecule has 3 N–H and O–H groups in total. The van der Waals surface area contributed by atoms with Crippen LogP contribution in [0.2, 0.25) is 0 Å². The largest absolute Gasteiger partial charge is 0.391 e. The molecule has 1 aliphatic heterocycles. The highest BCUT2D eigenvalue weighted by atomic mass is 16.3. The molecular formula is C15H22N2O2. The Balaban J connectivity index is 1.80. The third kappa shape index (κ3) is 3.70. The molecule has 0 aliphatic carbocycles. The van der Waals surface area contributed by atoms with Gasteiger partial charge in [0.05, 0.1) is 6.10 Å². The van der Waals surface area contributed by atoms with Crippen LogP contribution in [0.15, 0.2) is 24.3 Å². The predicted octanol–water partition coefficient (Wildman–Crippen LogP) is 1.55. The Kier molecular flexibility index (Phi) is 4.43. The molecule has 1 aromatic carbocycles. The van der Waals surface area contributed by atoms with E-state index in [1.54, 1.807) is 0 Å². The Morgan fingerprint density at radius 3 is 2.89 bits per heavy atom. The van der Waals surface area contributed by atoms with Crippen molar-refractivity contribution in [2.75, 3.05) is 11.9 Å². The van der Waals surface area contributed by atoms with Crippen molar-refractivity contribution in [3.63, 3.8) is 0 Å². The molecule has 0 radical (unpaired) electrons. The molecule has 0 saturated heterocycles. The first-order valence-corrected chi connectivity index (χ1v) is 6.86. The van der Waals surface area contributed by atoms with Crippen molar-refractivity contribution in [1.82, 2.24) is 5.32 Å². The van der Waals surface area contributed by atoms with Crippen molar-refractivity contribution in [2.45, 2.75) is 38.8 Å². The molecular weight excluding hydrogens is 240 g/mol. The number of para-hydroxylation sites is 1. The molecule has 0 fully saturated rings. The minimum Gasteiger partial charge on any atom is -0.391 e. The number of rotatable bonds is 5. The van der Waals surface area contributed by atoms with E-state index in [1.165, 1.54) is 5.56 Å². The molecule has 104 valence electrons. The fourth-order valence-corrected chi connectivity index (χ4v) is 2.43. The summed E-state index contributed by atoms with van der Waals surface area (Å²) >= 11 is 0. The van der Waals surface area contributed by atoms with Crippen LogP contribution in [0.4, 0.5) is 5.69 Å². The highest BCUT2D eigenvalue weighted by Gasteiger charge is 2.26. The monoisotopic (exact) mass is 262 g/mol. The van der Waals surface area contributed by atoms with Gasteiger partial charge in [-0.15, -0.1) is 0 Å². The topological polar surface area (TPSA) is 61.4 Å². The van der Waals surface area contributed by atoms with Crippen LogP contribution in [0.25, 0.3) is 0 Å². The summed E-state index contributed by atoms with van der Waals surface area (Å²) in [6, 6.07) is 7.73. The number of benzene rings is 1. The minimum absolute atomic E-state index is 0.0426. The van der Waals surface area contributed by atoms with Gasteiger partial charge in [-0.2, -0.15) is 0 Å². The molecule has 0 spiro atoms. The molecule has 2 atom stereocenters. The molecule has 19 heavy (non-hydrogen) atoms. The Morgan fingerprint density at radius 1 is 1.47 bits per heavy atom. The van der Waals surface area contributed by atoms with Gasteiger partial charge in [-0.05, 0) is 24.0 Å². The lowest BCUT2D eigenvalue weighted by Crippen LogP contribution is -2.42. The van der Waals surface area contributed by atoms with Crippen molar-refractivity contribution >= 4 is 11.6 Å². The quantitative estimate of drug-likeness (QED) is 0.754. The third-order valence-electron chi connectivity index (χ3n) is 3.34. The number of carbonyl (C=O) groups is 1. The highest BCUT2D eigenvalue weighted by molar-refractivity contribution is 5.87. The summed E-state index contributed by atoms with van der Waals surface area (Å²) in [6.45, 7) is 4.44. The number of anilines is 1. The first-order valence-electron chi connectivity index (χ1n) is 6.86. The Bertz CT molecular complexity index is 421. The molecule has 2 rings (SSSR count). The van der Waals surface area contributed by atoms with E-state index in [4.69, 9.17) is 0 Å². The average molecular weight is 262 g/mol. The van der Waals surface area contributed by atoms with Crippen LogP contribution in [-0.4, -0.2) is 29.7 Å². The smallest absolute Gasteiger partial charge is 0.242 e. The summed E-state index contributed by atoms with van der Waals surface area (Å²) in [6.07, 6.45) is 0.952. The van der Waals surface area contributed by atoms with Crippen LogP contribution in [0.1, 0.15) is 25.8 Å². The molecule has 0 saturated carbocycles. The summed E-state index contributed by atoms with van der Waals surface area (Å²) in [5.74, 6) is 0.389. The first kappa shape index (κ1) is 13.9. The van der Waals surface area contributed by atoms with Crippen molar-refractivity contribution in [3.8, 4) is 0 Å². The molecule has 2 unspecified atom stereocenters. The number of fused-ring (bicyclic) bond motifs is 1. The fourth-order valence-electron chi connectivity index (χ4n) is 2.43. The van der Waals surface area contributed by atoms with Gasteiger partial charge in [-0.3, -0.25) is 4.79 Å². The fraction of sp³-hybridized carbons (Fsp3) is 0.533. The van der Waals surface area contributed by atoms with Gasteiger partial charge in [0.25, 0.3) is 0 Å². The Morgan fingerprint density at radius 2 is 2.21 bits per heavy atom. The number of hydrogen-bond acceptors (Lipinski definition) is 3. The highest BCUT2D eigenvalue weighted by Crippen LogP contribution is 2.24. The van der Waals surface area contributed by atoms with E-state index in [0.29, 0.717) is 25.3 Å². The van der Waals surface area contributed by atoms with Gasteiger partial charge in [0, 0.05) is 18.7 Å². The van der Waals surface area contributed by atoms with E-state index in [9.17, 15) is 9.90 Å². The first-order chi connectivity index (χ1) is 9.06. The van der Waals surface area contributed by atoms with Gasteiger partial charge in [0.1, 0.15) is 6.04 Å². The molecule has 1 aromatic rings. The lowest BCUT2D eigenvalue weighted by atomic mass is 10.1. The van der Waals surface area contributed by atoms with Crippen LogP contribution < -0.4 is 10.6 Å². The van der Waals surface area contributed by atoms with Crippen LogP contribution >= 0.6 is 0 Å². The second-order valence-electron chi connectivity index (χ2n) is 5.59. The lowest BCUT2D eigenvalue weighted by Gasteiger charge is -2.16. The van der Waals surface area contributed by atoms with Crippen LogP contribution in [0, 0.1) is 5.92 Å². The zero-order valence-electron chi connectivity index (χ0n) is 11.5. The summed E-state index contributed by atoms with van der Waals surface area (Å²) in [4.78, 5) is 12.0. The van der Waals surface area contributed by atoms with Crippen molar-refractivity contribution in [3.05, 3.63) is 29.8 Å². The average Bonchev–Trinajstić information content (AvgIpc) is 2.78. The number of nitrogens with one attached hydrogen (secondary N) is 2. The molecule has 1 aliphatic rings. The number of amides is 1. The number of hydrogen-bond donors (Lipinski definition) is 3. The molecule has 1 heterocycles. The van der Waals surface area contributed by atoms with Gasteiger partial charge in [0.2, 0.25) is 5.91 Å². The lowest BCUT2D eigenvalue weighted by molar-refractivity contribution is -0.122. The molecule has 1 amide bonds. The third-order valence-corrected chi connectivity index (χ3v) is 3.34. The maximum Gasteiger partial charge on any atom is 0.242 e. The predicted molar refractivity (Wildman–Crippen MR) is 76.0 cm³/mol. The second kappa shape index (κ2) is 6.06. The van der Waals surface area contributed by atoms with E-state index < -0.39 is 6.10 Å². The normalized spacial score (nSPS) is 18.8. The Hall–Kier alpha value is -1.55. The van der Waals surface area contributed by atoms with E-state index in [0.717, 1.165) is 5.69 Å². The maximum atomic E-state index is 12.0. The maximum absolute atomic E-state index is 12.0. The van der Waals surface area contributed by atoms with Crippen LogP contribution in [-0.2, 0) is 11.2 Å². The minimum atomic E-state index is -0.465. The molecule has 4 heteroatoms. The SMILES string of the molecule is CC(C)CC(O)CNC(=O)C1Cc2ccccc2N1. The Labute approximate surface area is 114 Å². The standard InChI is InChI=1S/C15H22N2O2/c1-10(2)7-12(18)9-16-15(19)14-8-11-5-3-4-6-13(11)17-14/h3-6,10,12,14,17-18H,7-9H2,1-2H3,(H,16,19). The molecule has 0 aromatic heterocycles. The summed E-state index contributed by atoms with van der Waals surface area (Å²) in [5, 5.41) is 15.8. The molecule has 4 nitrogen and oxygen atoms in total. The van der Waals surface area contributed by atoms with Crippen molar-refractivity contribution < 1.29 is 9.90 Å². The number of aliphatic hydroxyl groups excluding tert-OH is 1.